The van der Waals surface area contributed by atoms with Crippen LogP contribution in [-0.4, -0.2) is 59.8 Å². The Bertz CT molecular complexity index is 437. The molecule has 4 nitrogen and oxygen atoms in total. The summed E-state index contributed by atoms with van der Waals surface area (Å²) in [6.45, 7) is 2.41. The predicted molar refractivity (Wildman–Crippen MR) is 73.1 cm³/mol. The molecule has 0 amide bonds. The second-order valence-corrected chi connectivity index (χ2v) is 5.64. The molecule has 0 N–H and O–H groups in total. The molecule has 2 heterocycles. The van der Waals surface area contributed by atoms with Crippen LogP contribution in [0.15, 0.2) is 17.2 Å². The molecule has 1 aliphatic heterocycles. The van der Waals surface area contributed by atoms with Crippen LogP contribution in [0.1, 0.15) is 6.92 Å². The van der Waals surface area contributed by atoms with Crippen LogP contribution in [0.3, 0.4) is 0 Å². The highest BCUT2D eigenvalue weighted by molar-refractivity contribution is 7.98. The molecule has 0 bridgehead atoms. The van der Waals surface area contributed by atoms with Gasteiger partial charge >= 0.3 is 6.18 Å². The van der Waals surface area contributed by atoms with Crippen molar-refractivity contribution in [3.63, 3.8) is 0 Å². The van der Waals surface area contributed by atoms with Crippen LogP contribution < -0.4 is 4.90 Å². The maximum Gasteiger partial charge on any atom is 0.401 e. The monoisotopic (exact) mass is 306 g/mol. The Labute approximate surface area is 120 Å². The number of anilines is 1. The number of hydrogen-bond donors (Lipinski definition) is 0. The first-order chi connectivity index (χ1) is 9.39. The zero-order chi connectivity index (χ0) is 14.8. The lowest BCUT2D eigenvalue weighted by molar-refractivity contribution is -0.150. The second-order valence-electron chi connectivity index (χ2n) is 4.81. The molecule has 0 spiro atoms. The molecule has 1 saturated heterocycles. The zero-order valence-corrected chi connectivity index (χ0v) is 12.2. The van der Waals surface area contributed by atoms with Crippen molar-refractivity contribution in [3.05, 3.63) is 12.1 Å². The Morgan fingerprint density at radius 3 is 2.55 bits per heavy atom. The summed E-state index contributed by atoms with van der Waals surface area (Å²) < 4.78 is 37.3. The highest BCUT2D eigenvalue weighted by atomic mass is 32.2. The Morgan fingerprint density at radius 1 is 1.30 bits per heavy atom. The fraction of sp³-hybridized carbons (Fsp3) is 0.667. The Balaban J connectivity index is 1.97. The molecule has 0 radical (unpaired) electrons. The van der Waals surface area contributed by atoms with Gasteiger partial charge in [0.15, 0.2) is 5.82 Å². The topological polar surface area (TPSA) is 32.3 Å². The summed E-state index contributed by atoms with van der Waals surface area (Å²) in [5.41, 5.74) is 0. The first-order valence-corrected chi connectivity index (χ1v) is 7.55. The van der Waals surface area contributed by atoms with Gasteiger partial charge in [0, 0.05) is 25.7 Å². The van der Waals surface area contributed by atoms with Crippen molar-refractivity contribution in [1.82, 2.24) is 15.1 Å². The number of hydrogen-bond acceptors (Lipinski definition) is 5. The van der Waals surface area contributed by atoms with Crippen molar-refractivity contribution in [1.29, 1.82) is 0 Å². The van der Waals surface area contributed by atoms with Gasteiger partial charge in [0.05, 0.1) is 6.54 Å². The predicted octanol–water partition coefficient (Wildman–Crippen LogP) is 2.27. The molecule has 1 aromatic rings. The third-order valence-electron chi connectivity index (χ3n) is 3.31. The molecular weight excluding hydrogens is 289 g/mol. The van der Waals surface area contributed by atoms with E-state index >= 15 is 0 Å². The summed E-state index contributed by atoms with van der Waals surface area (Å²) in [5.74, 6) is 0.723. The summed E-state index contributed by atoms with van der Waals surface area (Å²) in [4.78, 5) is 3.44. The van der Waals surface area contributed by atoms with E-state index < -0.39 is 12.7 Å². The van der Waals surface area contributed by atoms with Crippen LogP contribution in [0.2, 0.25) is 0 Å². The minimum Gasteiger partial charge on any atom is -0.352 e. The third-order valence-corrected chi connectivity index (χ3v) is 3.94. The molecule has 0 aliphatic carbocycles. The number of thioether (sulfide) groups is 1. The van der Waals surface area contributed by atoms with Crippen molar-refractivity contribution in [3.8, 4) is 0 Å². The molecule has 0 saturated carbocycles. The second kappa shape index (κ2) is 6.17. The largest absolute Gasteiger partial charge is 0.401 e. The van der Waals surface area contributed by atoms with E-state index in [0.29, 0.717) is 19.6 Å². The van der Waals surface area contributed by atoms with E-state index in [9.17, 15) is 13.2 Å². The van der Waals surface area contributed by atoms with Crippen LogP contribution >= 0.6 is 11.8 Å². The summed E-state index contributed by atoms with van der Waals surface area (Å²) in [5, 5.41) is 9.01. The van der Waals surface area contributed by atoms with Gasteiger partial charge in [-0.3, -0.25) is 4.90 Å². The van der Waals surface area contributed by atoms with Gasteiger partial charge in [-0.25, -0.2) is 0 Å². The summed E-state index contributed by atoms with van der Waals surface area (Å²) in [7, 11) is 0. The van der Waals surface area contributed by atoms with E-state index in [1.165, 1.54) is 16.7 Å². The Kier molecular flexibility index (Phi) is 4.74. The molecule has 1 aromatic heterocycles. The summed E-state index contributed by atoms with van der Waals surface area (Å²) >= 11 is 1.51. The van der Waals surface area contributed by atoms with Gasteiger partial charge in [-0.05, 0) is 25.3 Å². The van der Waals surface area contributed by atoms with Gasteiger partial charge < -0.3 is 4.90 Å². The molecule has 20 heavy (non-hydrogen) atoms. The number of halogens is 3. The van der Waals surface area contributed by atoms with E-state index in [1.807, 2.05) is 30.2 Å². The fourth-order valence-corrected chi connectivity index (χ4v) is 2.59. The van der Waals surface area contributed by atoms with Crippen molar-refractivity contribution in [2.75, 3.05) is 37.3 Å². The molecule has 1 atom stereocenters. The maximum absolute atomic E-state index is 12.4. The lowest BCUT2D eigenvalue weighted by Gasteiger charge is -2.40. The minimum absolute atomic E-state index is 0.160. The van der Waals surface area contributed by atoms with E-state index in [-0.39, 0.29) is 6.04 Å². The van der Waals surface area contributed by atoms with Gasteiger partial charge in [0.25, 0.3) is 0 Å². The van der Waals surface area contributed by atoms with Gasteiger partial charge in [-0.2, -0.15) is 13.2 Å². The standard InChI is InChI=1S/C12H17F3N4S/c1-9-7-18(5-6-19(9)8-12(13,14)15)10-3-4-11(20-2)17-16-10/h3-4,9H,5-8H2,1-2H3. The van der Waals surface area contributed by atoms with Gasteiger partial charge in [0.2, 0.25) is 0 Å². The van der Waals surface area contributed by atoms with Crippen LogP contribution in [0.5, 0.6) is 0 Å². The third kappa shape index (κ3) is 3.99. The SMILES string of the molecule is CSc1ccc(N2CCN(CC(F)(F)F)C(C)C2)nn1. The first kappa shape index (κ1) is 15.4. The highest BCUT2D eigenvalue weighted by Gasteiger charge is 2.35. The van der Waals surface area contributed by atoms with Crippen molar-refractivity contribution >= 4 is 17.6 Å². The fourth-order valence-electron chi connectivity index (χ4n) is 2.26. The van der Waals surface area contributed by atoms with Gasteiger partial charge in [0.1, 0.15) is 5.03 Å². The molecular formula is C12H17F3N4S. The average molecular weight is 306 g/mol. The summed E-state index contributed by atoms with van der Waals surface area (Å²) in [6, 6.07) is 3.58. The highest BCUT2D eigenvalue weighted by Crippen LogP contribution is 2.22. The van der Waals surface area contributed by atoms with Gasteiger partial charge in [-0.1, -0.05) is 0 Å². The smallest absolute Gasteiger partial charge is 0.352 e. The van der Waals surface area contributed by atoms with Crippen LogP contribution in [0, 0.1) is 0 Å². The van der Waals surface area contributed by atoms with E-state index in [4.69, 9.17) is 0 Å². The normalized spacial score (nSPS) is 21.2. The van der Waals surface area contributed by atoms with Crippen LogP contribution in [0.4, 0.5) is 19.0 Å². The zero-order valence-electron chi connectivity index (χ0n) is 11.4. The van der Waals surface area contributed by atoms with Crippen LogP contribution in [0.25, 0.3) is 0 Å². The molecule has 112 valence electrons. The lowest BCUT2D eigenvalue weighted by Crippen LogP contribution is -2.54. The average Bonchev–Trinajstić information content (AvgIpc) is 2.40. The molecule has 0 aromatic carbocycles. The summed E-state index contributed by atoms with van der Waals surface area (Å²) in [6.07, 6.45) is -2.22. The molecule has 8 heteroatoms. The van der Waals surface area contributed by atoms with E-state index in [2.05, 4.69) is 10.2 Å². The molecule has 1 unspecified atom stereocenters. The Hall–Kier alpha value is -1.02. The quantitative estimate of drug-likeness (QED) is 0.800. The first-order valence-electron chi connectivity index (χ1n) is 6.32. The number of rotatable bonds is 3. The van der Waals surface area contributed by atoms with Crippen molar-refractivity contribution in [2.24, 2.45) is 0 Å². The molecule has 2 rings (SSSR count). The number of piperazine rings is 1. The molecule has 1 fully saturated rings. The van der Waals surface area contributed by atoms with Crippen LogP contribution in [-0.2, 0) is 0 Å². The lowest BCUT2D eigenvalue weighted by atomic mass is 10.2. The Morgan fingerprint density at radius 2 is 2.05 bits per heavy atom. The van der Waals surface area contributed by atoms with Crippen molar-refractivity contribution < 1.29 is 13.2 Å². The molecule has 1 aliphatic rings. The number of nitrogens with zero attached hydrogens (tertiary/aromatic N) is 4. The minimum atomic E-state index is -4.14. The number of alkyl halides is 3. The van der Waals surface area contributed by atoms with E-state index in [1.54, 1.807) is 0 Å². The van der Waals surface area contributed by atoms with E-state index in [0.717, 1.165) is 10.8 Å². The van der Waals surface area contributed by atoms with Crippen molar-refractivity contribution in [2.45, 2.75) is 24.2 Å². The number of aromatic nitrogens is 2. The maximum atomic E-state index is 12.4. The van der Waals surface area contributed by atoms with Gasteiger partial charge in [-0.15, -0.1) is 22.0 Å².